The fourth-order valence-electron chi connectivity index (χ4n) is 6.00. The minimum atomic E-state index is -0.899. The normalized spacial score (nSPS) is 19.5. The quantitative estimate of drug-likeness (QED) is 0.0274. The topological polar surface area (TPSA) is 187 Å². The molecular formula is C29H33N8O7S2+. The smallest absolute Gasteiger partial charge is 0.355 e. The molecule has 0 saturated carbocycles. The fourth-order valence-corrected chi connectivity index (χ4v) is 8.18. The number of carbonyl (C=O) groups excluding carboxylic acids is 3. The number of aliphatic hydroxyl groups is 1. The summed E-state index contributed by atoms with van der Waals surface area (Å²) in [4.78, 5) is 57.6. The Balaban J connectivity index is 1.43. The van der Waals surface area contributed by atoms with Crippen LogP contribution in [0.2, 0.25) is 0 Å². The second kappa shape index (κ2) is 13.5. The van der Waals surface area contributed by atoms with Gasteiger partial charge in [-0.15, -0.1) is 0 Å². The second-order valence-electron chi connectivity index (χ2n) is 11.2. The third-order valence-electron chi connectivity index (χ3n) is 8.29. The molecule has 5 rings (SSSR count). The van der Waals surface area contributed by atoms with Crippen molar-refractivity contribution in [1.82, 2.24) is 14.2 Å². The zero-order chi connectivity index (χ0) is 33.3. The Morgan fingerprint density at radius 2 is 2.07 bits per heavy atom. The number of likely N-dealkylation sites (N-methyl/N-ethyl adjacent to an activating group) is 1. The van der Waals surface area contributed by atoms with Crippen LogP contribution in [0.25, 0.3) is 20.8 Å². The zero-order valence-electron chi connectivity index (χ0n) is 25.6. The second-order valence-corrected chi connectivity index (χ2v) is 13.0. The Morgan fingerprint density at radius 3 is 2.70 bits per heavy atom. The summed E-state index contributed by atoms with van der Waals surface area (Å²) in [6.45, 7) is 4.22. The predicted octanol–water partition coefficient (Wildman–Crippen LogP) is 3.39. The van der Waals surface area contributed by atoms with Crippen LogP contribution < -0.4 is 4.57 Å². The van der Waals surface area contributed by atoms with Crippen LogP contribution in [0, 0.1) is 22.0 Å². The average Bonchev–Trinajstić information content (AvgIpc) is 3.64. The van der Waals surface area contributed by atoms with Crippen molar-refractivity contribution in [1.29, 1.82) is 0 Å². The molecule has 2 aromatic heterocycles. The van der Waals surface area contributed by atoms with E-state index in [1.54, 1.807) is 18.9 Å². The lowest BCUT2D eigenvalue weighted by atomic mass is 9.77. The number of hydrogen-bond donors (Lipinski definition) is 1. The number of non-ortho nitro benzene ring substituents is 1. The highest BCUT2D eigenvalue weighted by atomic mass is 32.2. The number of aliphatic hydroxyl groups excluding tert-OH is 1. The van der Waals surface area contributed by atoms with Gasteiger partial charge in [0.15, 0.2) is 6.54 Å². The zero-order valence-corrected chi connectivity index (χ0v) is 27.2. The van der Waals surface area contributed by atoms with Gasteiger partial charge in [-0.25, -0.2) is 9.36 Å². The van der Waals surface area contributed by atoms with Crippen LogP contribution in [0.5, 0.6) is 0 Å². The standard InChI is InChI=1S/C29H33N8O7S2/c1-16-22(20-12-34-15-35(27(45-4)28(34)46-20)13-21(39)33(3)11-5-10-31-32-30)25(36-24(16)23(17(2)38)26(36)40)29(41)44-14-18-6-8-19(9-7-18)37(42)43/h6-9,12,15-17,23-24,38H,5,10-11,13-14H2,1-4H3/q+1/t16-,17+,23+,24+/m0/s1. The number of amides is 2. The first-order valence-electron chi connectivity index (χ1n) is 14.5. The number of rotatable bonds is 13. The van der Waals surface area contributed by atoms with E-state index in [1.807, 2.05) is 34.7 Å². The van der Waals surface area contributed by atoms with E-state index in [1.165, 1.54) is 52.3 Å². The molecule has 15 nitrogen and oxygen atoms in total. The van der Waals surface area contributed by atoms with E-state index >= 15 is 0 Å². The largest absolute Gasteiger partial charge is 0.456 e. The number of thioether (sulfide) groups is 1. The van der Waals surface area contributed by atoms with Crippen molar-refractivity contribution in [2.45, 2.75) is 50.6 Å². The van der Waals surface area contributed by atoms with Crippen LogP contribution in [0.1, 0.15) is 30.7 Å². The molecule has 2 aliphatic rings. The summed E-state index contributed by atoms with van der Waals surface area (Å²) >= 11 is 2.91. The van der Waals surface area contributed by atoms with E-state index in [4.69, 9.17) is 10.3 Å². The molecule has 17 heteroatoms. The molecule has 0 spiro atoms. The Kier molecular flexibility index (Phi) is 9.67. The first-order valence-corrected chi connectivity index (χ1v) is 16.5. The maximum atomic E-state index is 13.6. The van der Waals surface area contributed by atoms with Crippen LogP contribution in [0.4, 0.5) is 5.69 Å². The molecule has 2 amide bonds. The van der Waals surface area contributed by atoms with Crippen LogP contribution in [-0.4, -0.2) is 80.6 Å². The molecule has 46 heavy (non-hydrogen) atoms. The molecule has 242 valence electrons. The van der Waals surface area contributed by atoms with Gasteiger partial charge in [-0.05, 0) is 42.8 Å². The Labute approximate surface area is 271 Å². The molecule has 3 aromatic rings. The number of azide groups is 1. The van der Waals surface area contributed by atoms with Crippen molar-refractivity contribution < 1.29 is 33.7 Å². The predicted molar refractivity (Wildman–Crippen MR) is 168 cm³/mol. The van der Waals surface area contributed by atoms with Gasteiger partial charge in [0.05, 0.1) is 27.9 Å². The van der Waals surface area contributed by atoms with Gasteiger partial charge >= 0.3 is 5.97 Å². The van der Waals surface area contributed by atoms with Crippen molar-refractivity contribution in [2.75, 3.05) is 26.4 Å². The lowest BCUT2D eigenvalue weighted by Crippen LogP contribution is -2.63. The first-order chi connectivity index (χ1) is 22.0. The lowest BCUT2D eigenvalue weighted by Gasteiger charge is -2.46. The number of thiazole rings is 1. The SMILES string of the molecule is CSc1c2sc(C3=C(C(=O)OCc4ccc([N+](=O)[O-])cc4)N4C(=O)[C@H]([C@@H](C)O)[C@H]4[C@H]3C)cn2c[n+]1CC(=O)N(C)CCCN=[N+]=[N-]. The third-order valence-corrected chi connectivity index (χ3v) is 10.4. The minimum Gasteiger partial charge on any atom is -0.456 e. The Morgan fingerprint density at radius 1 is 1.35 bits per heavy atom. The number of carbonyl (C=O) groups is 3. The number of esters is 1. The summed E-state index contributed by atoms with van der Waals surface area (Å²) in [5, 5.41) is 25.7. The summed E-state index contributed by atoms with van der Waals surface area (Å²) in [5.74, 6) is -2.09. The summed E-state index contributed by atoms with van der Waals surface area (Å²) in [6.07, 6.45) is 5.26. The monoisotopic (exact) mass is 669 g/mol. The van der Waals surface area contributed by atoms with Gasteiger partial charge in [-0.1, -0.05) is 35.1 Å². The highest BCUT2D eigenvalue weighted by Gasteiger charge is 2.60. The number of β-lactam (4-membered cyclic amide) rings is 1. The summed E-state index contributed by atoms with van der Waals surface area (Å²) in [5.41, 5.74) is 9.68. The van der Waals surface area contributed by atoms with E-state index in [2.05, 4.69) is 10.0 Å². The van der Waals surface area contributed by atoms with Crippen LogP contribution >= 0.6 is 23.1 Å². The third kappa shape index (κ3) is 6.06. The Bertz CT molecular complexity index is 1780. The number of ether oxygens (including phenoxy) is 1. The maximum absolute atomic E-state index is 13.6. The first kappa shape index (κ1) is 32.9. The maximum Gasteiger partial charge on any atom is 0.355 e. The van der Waals surface area contributed by atoms with Crippen molar-refractivity contribution in [3.8, 4) is 0 Å². The van der Waals surface area contributed by atoms with Gasteiger partial charge in [0.25, 0.3) is 17.9 Å². The van der Waals surface area contributed by atoms with Crippen molar-refractivity contribution >= 4 is 57.0 Å². The van der Waals surface area contributed by atoms with Crippen LogP contribution in [0.15, 0.2) is 52.6 Å². The van der Waals surface area contributed by atoms with E-state index < -0.39 is 29.0 Å². The molecule has 1 fully saturated rings. The number of nitro groups is 1. The van der Waals surface area contributed by atoms with Gasteiger partial charge in [-0.2, -0.15) is 4.40 Å². The van der Waals surface area contributed by atoms with Gasteiger partial charge in [0.1, 0.15) is 18.5 Å². The molecule has 0 aliphatic carbocycles. The number of benzene rings is 1. The number of imidazole rings is 1. The molecule has 0 unspecified atom stereocenters. The summed E-state index contributed by atoms with van der Waals surface area (Å²) < 4.78 is 9.39. The van der Waals surface area contributed by atoms with E-state index in [-0.39, 0.29) is 42.3 Å². The molecule has 4 atom stereocenters. The molecule has 1 saturated heterocycles. The number of aromatic nitrogens is 2. The highest BCUT2D eigenvalue weighted by Crippen LogP contribution is 2.52. The van der Waals surface area contributed by atoms with Crippen molar-refractivity contribution in [2.24, 2.45) is 17.0 Å². The van der Waals surface area contributed by atoms with Gasteiger partial charge in [0.2, 0.25) is 15.8 Å². The number of fused-ring (bicyclic) bond motifs is 2. The van der Waals surface area contributed by atoms with Crippen molar-refractivity contribution in [3.63, 3.8) is 0 Å². The molecule has 4 heterocycles. The number of hydrogen-bond acceptors (Lipinski definition) is 10. The van der Waals surface area contributed by atoms with E-state index in [9.17, 15) is 29.6 Å². The van der Waals surface area contributed by atoms with Gasteiger partial charge in [0, 0.05) is 48.7 Å². The molecule has 2 aliphatic heterocycles. The van der Waals surface area contributed by atoms with Crippen LogP contribution in [0.3, 0.4) is 0 Å². The van der Waals surface area contributed by atoms with Gasteiger partial charge in [-0.3, -0.25) is 19.7 Å². The molecule has 1 aromatic carbocycles. The number of nitro benzene ring substituents is 1. The molecule has 0 radical (unpaired) electrons. The average molecular weight is 670 g/mol. The molecule has 0 bridgehead atoms. The fraction of sp³-hybridized carbons (Fsp3) is 0.448. The van der Waals surface area contributed by atoms with E-state index in [0.29, 0.717) is 30.6 Å². The van der Waals surface area contributed by atoms with Crippen molar-refractivity contribution in [3.05, 3.63) is 73.5 Å². The molecular weight excluding hydrogens is 637 g/mol. The summed E-state index contributed by atoms with van der Waals surface area (Å²) in [6, 6.07) is 5.26. The van der Waals surface area contributed by atoms with Crippen LogP contribution in [-0.2, 0) is 32.3 Å². The molecule has 1 N–H and O–H groups in total. The highest BCUT2D eigenvalue weighted by molar-refractivity contribution is 7.98. The van der Waals surface area contributed by atoms with E-state index in [0.717, 1.165) is 14.7 Å². The lowest BCUT2D eigenvalue weighted by molar-refractivity contribution is -0.718. The van der Waals surface area contributed by atoms with Gasteiger partial charge < -0.3 is 19.6 Å². The Hall–Kier alpha value is -4.44. The summed E-state index contributed by atoms with van der Waals surface area (Å²) in [7, 11) is 1.70. The minimum absolute atomic E-state index is 0.0819. The number of nitrogens with zero attached hydrogens (tertiary/aromatic N) is 8.